The number of ether oxygens (including phenoxy) is 1. The summed E-state index contributed by atoms with van der Waals surface area (Å²) in [6, 6.07) is 10.3. The third kappa shape index (κ3) is 2.44. The fourth-order valence-corrected chi connectivity index (χ4v) is 4.78. The molecule has 1 unspecified atom stereocenters. The molecule has 20 heavy (non-hydrogen) atoms. The van der Waals surface area contributed by atoms with Gasteiger partial charge in [0.1, 0.15) is 5.75 Å². The van der Waals surface area contributed by atoms with Gasteiger partial charge in [-0.25, -0.2) is 0 Å². The molecule has 0 fully saturated rings. The highest BCUT2D eigenvalue weighted by molar-refractivity contribution is 7.27. The second-order valence-electron chi connectivity index (χ2n) is 4.41. The van der Waals surface area contributed by atoms with E-state index in [9.17, 15) is 0 Å². The first-order valence-electron chi connectivity index (χ1n) is 6.20. The predicted molar refractivity (Wildman–Crippen MR) is 88.6 cm³/mol. The van der Waals surface area contributed by atoms with Crippen LogP contribution >= 0.6 is 34.3 Å². The fraction of sp³-hybridized carbons (Fsp3) is 0.200. The van der Waals surface area contributed by atoms with Gasteiger partial charge in [0, 0.05) is 19.3 Å². The molecule has 1 atom stereocenters. The SMILES string of the molecule is CNC(c1cc2sccc2s1)c1ccc(OC)cc1Cl. The number of fused-ring (bicyclic) bond motifs is 1. The maximum atomic E-state index is 6.39. The van der Waals surface area contributed by atoms with E-state index in [4.69, 9.17) is 16.3 Å². The second-order valence-corrected chi connectivity index (χ2v) is 6.88. The van der Waals surface area contributed by atoms with Crippen LogP contribution in [-0.4, -0.2) is 14.2 Å². The first-order chi connectivity index (χ1) is 9.72. The molecule has 0 radical (unpaired) electrons. The second kappa shape index (κ2) is 5.74. The Balaban J connectivity index is 2.03. The van der Waals surface area contributed by atoms with Gasteiger partial charge >= 0.3 is 0 Å². The summed E-state index contributed by atoms with van der Waals surface area (Å²) in [5, 5.41) is 6.20. The van der Waals surface area contributed by atoms with Gasteiger partial charge in [0.25, 0.3) is 0 Å². The standard InChI is InChI=1S/C15H14ClNOS2/c1-17-15(10-4-3-9(18-2)7-11(10)16)14-8-13-12(20-14)5-6-19-13/h3-8,15,17H,1-2H3. The lowest BCUT2D eigenvalue weighted by molar-refractivity contribution is 0.414. The summed E-state index contributed by atoms with van der Waals surface area (Å²) in [7, 11) is 3.60. The van der Waals surface area contributed by atoms with Crippen molar-refractivity contribution in [3.63, 3.8) is 0 Å². The van der Waals surface area contributed by atoms with Crippen molar-refractivity contribution in [3.05, 3.63) is 51.2 Å². The smallest absolute Gasteiger partial charge is 0.120 e. The Morgan fingerprint density at radius 3 is 2.70 bits per heavy atom. The van der Waals surface area contributed by atoms with Gasteiger partial charge in [0.2, 0.25) is 0 Å². The van der Waals surface area contributed by atoms with Crippen LogP contribution in [0.5, 0.6) is 5.75 Å². The van der Waals surface area contributed by atoms with Gasteiger partial charge < -0.3 is 10.1 Å². The largest absolute Gasteiger partial charge is 0.497 e. The summed E-state index contributed by atoms with van der Waals surface area (Å²) < 4.78 is 7.86. The van der Waals surface area contributed by atoms with Crippen molar-refractivity contribution >= 4 is 43.7 Å². The molecule has 0 aliphatic rings. The van der Waals surface area contributed by atoms with E-state index < -0.39 is 0 Å². The average Bonchev–Trinajstić information content (AvgIpc) is 3.02. The van der Waals surface area contributed by atoms with E-state index in [0.717, 1.165) is 16.3 Å². The van der Waals surface area contributed by atoms with Crippen molar-refractivity contribution in [1.29, 1.82) is 0 Å². The summed E-state index contributed by atoms with van der Waals surface area (Å²) in [4.78, 5) is 1.28. The molecule has 2 heterocycles. The molecule has 0 spiro atoms. The molecular weight excluding hydrogens is 310 g/mol. The molecular formula is C15H14ClNOS2. The van der Waals surface area contributed by atoms with Crippen LogP contribution < -0.4 is 10.1 Å². The predicted octanol–water partition coefficient (Wildman–Crippen LogP) is 4.93. The molecule has 2 aromatic heterocycles. The van der Waals surface area contributed by atoms with Gasteiger partial charge in [0.15, 0.2) is 0 Å². The van der Waals surface area contributed by atoms with Gasteiger partial charge in [-0.05, 0) is 42.3 Å². The molecule has 0 amide bonds. The number of hydrogen-bond donors (Lipinski definition) is 1. The van der Waals surface area contributed by atoms with Gasteiger partial charge in [-0.3, -0.25) is 0 Å². The number of thiophene rings is 2. The summed E-state index contributed by atoms with van der Waals surface area (Å²) in [5.74, 6) is 0.778. The number of hydrogen-bond acceptors (Lipinski definition) is 4. The van der Waals surface area contributed by atoms with Crippen LogP contribution in [0.25, 0.3) is 9.40 Å². The Morgan fingerprint density at radius 1 is 1.20 bits per heavy atom. The van der Waals surface area contributed by atoms with Crippen molar-refractivity contribution in [1.82, 2.24) is 5.32 Å². The van der Waals surface area contributed by atoms with Crippen LogP contribution in [0.3, 0.4) is 0 Å². The van der Waals surface area contributed by atoms with Crippen LogP contribution in [0.15, 0.2) is 35.7 Å². The minimum atomic E-state index is 0.109. The molecule has 1 N–H and O–H groups in total. The third-order valence-corrected chi connectivity index (χ3v) is 5.74. The van der Waals surface area contributed by atoms with Crippen molar-refractivity contribution in [3.8, 4) is 5.75 Å². The Labute approximate surface area is 131 Å². The van der Waals surface area contributed by atoms with Gasteiger partial charge in [0.05, 0.1) is 13.2 Å². The molecule has 3 aromatic rings. The molecule has 5 heteroatoms. The molecule has 0 saturated carbocycles. The molecule has 3 rings (SSSR count). The minimum absolute atomic E-state index is 0.109. The van der Waals surface area contributed by atoms with Crippen molar-refractivity contribution in [2.45, 2.75) is 6.04 Å². The highest BCUT2D eigenvalue weighted by Crippen LogP contribution is 2.38. The summed E-state index contributed by atoms with van der Waals surface area (Å²) in [6.07, 6.45) is 0. The van der Waals surface area contributed by atoms with Crippen molar-refractivity contribution < 1.29 is 4.74 Å². The van der Waals surface area contributed by atoms with E-state index in [0.29, 0.717) is 0 Å². The number of benzene rings is 1. The van der Waals surface area contributed by atoms with Crippen LogP contribution in [0, 0.1) is 0 Å². The lowest BCUT2D eigenvalue weighted by Crippen LogP contribution is -2.16. The monoisotopic (exact) mass is 323 g/mol. The number of halogens is 1. The van der Waals surface area contributed by atoms with Gasteiger partial charge in [-0.15, -0.1) is 22.7 Å². The lowest BCUT2D eigenvalue weighted by atomic mass is 10.1. The van der Waals surface area contributed by atoms with Crippen LogP contribution in [0.2, 0.25) is 5.02 Å². The van der Waals surface area contributed by atoms with E-state index in [1.807, 2.05) is 36.6 Å². The maximum absolute atomic E-state index is 6.39. The highest BCUT2D eigenvalue weighted by atomic mass is 35.5. The molecule has 0 aliphatic carbocycles. The first kappa shape index (κ1) is 13.9. The van der Waals surface area contributed by atoms with Gasteiger partial charge in [-0.1, -0.05) is 17.7 Å². The summed E-state index contributed by atoms with van der Waals surface area (Å²) >= 11 is 9.97. The maximum Gasteiger partial charge on any atom is 0.120 e. The quantitative estimate of drug-likeness (QED) is 0.734. The summed E-state index contributed by atoms with van der Waals surface area (Å²) in [6.45, 7) is 0. The Kier molecular flexibility index (Phi) is 3.98. The number of rotatable bonds is 4. The van der Waals surface area contributed by atoms with Crippen molar-refractivity contribution in [2.24, 2.45) is 0 Å². The van der Waals surface area contributed by atoms with Crippen LogP contribution in [0.1, 0.15) is 16.5 Å². The Morgan fingerprint density at radius 2 is 2.05 bits per heavy atom. The Bertz CT molecular complexity index is 706. The van der Waals surface area contributed by atoms with Gasteiger partial charge in [-0.2, -0.15) is 0 Å². The fourth-order valence-electron chi connectivity index (χ4n) is 2.25. The number of nitrogens with one attached hydrogen (secondary N) is 1. The zero-order valence-corrected chi connectivity index (χ0v) is 13.5. The third-order valence-electron chi connectivity index (χ3n) is 3.25. The Hall–Kier alpha value is -1.07. The minimum Gasteiger partial charge on any atom is -0.497 e. The normalized spacial score (nSPS) is 12.8. The molecule has 104 valence electrons. The van der Waals surface area contributed by atoms with E-state index in [1.54, 1.807) is 18.4 Å². The first-order valence-corrected chi connectivity index (χ1v) is 8.28. The average molecular weight is 324 g/mol. The van der Waals surface area contributed by atoms with E-state index in [1.165, 1.54) is 14.3 Å². The van der Waals surface area contributed by atoms with E-state index in [2.05, 4.69) is 22.8 Å². The molecule has 1 aromatic carbocycles. The zero-order valence-electron chi connectivity index (χ0n) is 11.1. The van der Waals surface area contributed by atoms with E-state index >= 15 is 0 Å². The highest BCUT2D eigenvalue weighted by Gasteiger charge is 2.18. The topological polar surface area (TPSA) is 21.3 Å². The molecule has 2 nitrogen and oxygen atoms in total. The zero-order chi connectivity index (χ0) is 14.1. The lowest BCUT2D eigenvalue weighted by Gasteiger charge is -2.17. The molecule has 0 aliphatic heterocycles. The van der Waals surface area contributed by atoms with Crippen molar-refractivity contribution in [2.75, 3.05) is 14.2 Å². The number of methoxy groups -OCH3 is 1. The van der Waals surface area contributed by atoms with Crippen LogP contribution in [-0.2, 0) is 0 Å². The molecule has 0 saturated heterocycles. The van der Waals surface area contributed by atoms with E-state index in [-0.39, 0.29) is 6.04 Å². The van der Waals surface area contributed by atoms with Crippen LogP contribution in [0.4, 0.5) is 0 Å². The molecule has 0 bridgehead atoms. The summed E-state index contributed by atoms with van der Waals surface area (Å²) in [5.41, 5.74) is 1.07.